The molecule has 0 aliphatic heterocycles. The lowest BCUT2D eigenvalue weighted by Crippen LogP contribution is -2.02. The molecule has 74 valence electrons. The number of nitrogens with zero attached hydrogens (tertiary/aromatic N) is 2. The Morgan fingerprint density at radius 3 is 2.71 bits per heavy atom. The van der Waals surface area contributed by atoms with E-state index in [4.69, 9.17) is 23.2 Å². The molecule has 0 heterocycles. The van der Waals surface area contributed by atoms with Crippen LogP contribution in [0.15, 0.2) is 23.3 Å². The minimum Gasteiger partial charge on any atom is -0.398 e. The number of hydrazone groups is 1. The zero-order valence-corrected chi connectivity index (χ0v) is 7.73. The Morgan fingerprint density at radius 2 is 2.21 bits per heavy atom. The lowest BCUT2D eigenvalue weighted by molar-refractivity contribution is -0.384. The van der Waals surface area contributed by atoms with Crippen LogP contribution >= 0.6 is 11.6 Å². The number of nitro benzene ring substituents is 1. The van der Waals surface area contributed by atoms with Crippen LogP contribution in [0.1, 0.15) is 5.56 Å². The van der Waals surface area contributed by atoms with Gasteiger partial charge in [0.25, 0.3) is 5.69 Å². The third-order valence-electron chi connectivity index (χ3n) is 1.58. The van der Waals surface area contributed by atoms with Crippen LogP contribution in [0.4, 0.5) is 11.4 Å². The molecule has 0 fully saturated rings. The van der Waals surface area contributed by atoms with E-state index in [0.717, 1.165) is 0 Å². The molecule has 0 spiro atoms. The van der Waals surface area contributed by atoms with E-state index >= 15 is 0 Å². The molecule has 0 saturated heterocycles. The number of hydrogen-bond acceptors (Lipinski definition) is 5. The molecule has 0 amide bonds. The molecule has 4 N–H and O–H groups in total. The largest absolute Gasteiger partial charge is 0.398 e. The van der Waals surface area contributed by atoms with E-state index in [9.17, 15) is 10.1 Å². The molecular weight excluding hydrogens is 208 g/mol. The lowest BCUT2D eigenvalue weighted by atomic mass is 10.2. The summed E-state index contributed by atoms with van der Waals surface area (Å²) in [5.74, 6) is 4.93. The van der Waals surface area contributed by atoms with E-state index < -0.39 is 4.92 Å². The summed E-state index contributed by atoms with van der Waals surface area (Å²) < 4.78 is 0. The standard InChI is InChI=1S/C7H7ClN4O2/c8-7(11-10)5-3-4(12(13)14)1-2-6(5)9/h1-3H,9-10H2/b11-7+. The van der Waals surface area contributed by atoms with Crippen molar-refractivity contribution in [1.82, 2.24) is 0 Å². The fourth-order valence-electron chi connectivity index (χ4n) is 0.906. The third kappa shape index (κ3) is 1.91. The molecule has 0 aromatic heterocycles. The topological polar surface area (TPSA) is 108 Å². The normalized spacial score (nSPS) is 11.4. The molecule has 0 saturated carbocycles. The van der Waals surface area contributed by atoms with Gasteiger partial charge in [-0.1, -0.05) is 11.6 Å². The first-order valence-electron chi connectivity index (χ1n) is 3.54. The van der Waals surface area contributed by atoms with Crippen LogP contribution in [0, 0.1) is 10.1 Å². The first-order chi connectivity index (χ1) is 6.56. The SMILES string of the molecule is N/N=C(/Cl)c1cc([N+](=O)[O-])ccc1N. The number of hydrogen-bond donors (Lipinski definition) is 2. The molecule has 0 unspecified atom stereocenters. The Kier molecular flexibility index (Phi) is 2.88. The first kappa shape index (κ1) is 10.3. The fourth-order valence-corrected chi connectivity index (χ4v) is 1.07. The summed E-state index contributed by atoms with van der Waals surface area (Å²) in [6.07, 6.45) is 0. The third-order valence-corrected chi connectivity index (χ3v) is 1.88. The number of nitro groups is 1. The van der Waals surface area contributed by atoms with Gasteiger partial charge in [0.2, 0.25) is 0 Å². The summed E-state index contributed by atoms with van der Waals surface area (Å²) in [7, 11) is 0. The Hall–Kier alpha value is -1.82. The van der Waals surface area contributed by atoms with Crippen molar-refractivity contribution in [2.24, 2.45) is 10.9 Å². The van der Waals surface area contributed by atoms with E-state index in [1.807, 2.05) is 0 Å². The number of benzene rings is 1. The van der Waals surface area contributed by atoms with Gasteiger partial charge >= 0.3 is 0 Å². The van der Waals surface area contributed by atoms with Crippen LogP contribution in [0.2, 0.25) is 0 Å². The second-order valence-corrected chi connectivity index (χ2v) is 2.81. The van der Waals surface area contributed by atoms with E-state index in [-0.39, 0.29) is 22.1 Å². The summed E-state index contributed by atoms with van der Waals surface area (Å²) in [5.41, 5.74) is 5.95. The van der Waals surface area contributed by atoms with Crippen molar-refractivity contribution >= 4 is 28.1 Å². The second kappa shape index (κ2) is 3.93. The van der Waals surface area contributed by atoms with Gasteiger partial charge in [0.1, 0.15) is 0 Å². The summed E-state index contributed by atoms with van der Waals surface area (Å²) >= 11 is 5.59. The van der Waals surface area contributed by atoms with Crippen molar-refractivity contribution in [3.8, 4) is 0 Å². The van der Waals surface area contributed by atoms with E-state index in [1.165, 1.54) is 18.2 Å². The highest BCUT2D eigenvalue weighted by Crippen LogP contribution is 2.21. The van der Waals surface area contributed by atoms with Crippen molar-refractivity contribution in [2.45, 2.75) is 0 Å². The fraction of sp³-hybridized carbons (Fsp3) is 0. The highest BCUT2D eigenvalue weighted by molar-refractivity contribution is 6.70. The zero-order valence-electron chi connectivity index (χ0n) is 6.98. The van der Waals surface area contributed by atoms with Crippen LogP contribution in [0.25, 0.3) is 0 Å². The maximum absolute atomic E-state index is 10.4. The quantitative estimate of drug-likeness (QED) is 0.252. The molecule has 0 aliphatic rings. The maximum Gasteiger partial charge on any atom is 0.270 e. The van der Waals surface area contributed by atoms with Crippen LogP contribution in [-0.4, -0.2) is 10.1 Å². The van der Waals surface area contributed by atoms with Gasteiger partial charge in [0.05, 0.1) is 4.92 Å². The molecular formula is C7H7ClN4O2. The van der Waals surface area contributed by atoms with Crippen molar-refractivity contribution in [2.75, 3.05) is 5.73 Å². The monoisotopic (exact) mass is 214 g/mol. The summed E-state index contributed by atoms with van der Waals surface area (Å²) in [5, 5.41) is 13.6. The molecule has 1 rings (SSSR count). The summed E-state index contributed by atoms with van der Waals surface area (Å²) in [6.45, 7) is 0. The molecule has 1 aromatic rings. The van der Waals surface area contributed by atoms with E-state index in [2.05, 4.69) is 5.10 Å². The molecule has 1 aromatic carbocycles. The number of nitrogens with two attached hydrogens (primary N) is 2. The minimum absolute atomic E-state index is 0.0637. The Morgan fingerprint density at radius 1 is 1.57 bits per heavy atom. The van der Waals surface area contributed by atoms with E-state index in [1.54, 1.807) is 0 Å². The highest BCUT2D eigenvalue weighted by Gasteiger charge is 2.11. The van der Waals surface area contributed by atoms with Crippen LogP contribution in [0.3, 0.4) is 0 Å². The molecule has 0 atom stereocenters. The number of rotatable bonds is 2. The molecule has 14 heavy (non-hydrogen) atoms. The van der Waals surface area contributed by atoms with Gasteiger partial charge < -0.3 is 11.6 Å². The van der Waals surface area contributed by atoms with Gasteiger partial charge in [-0.2, -0.15) is 5.10 Å². The van der Waals surface area contributed by atoms with E-state index in [0.29, 0.717) is 0 Å². The first-order valence-corrected chi connectivity index (χ1v) is 3.91. The number of non-ortho nitro benzene ring substituents is 1. The predicted molar refractivity (Wildman–Crippen MR) is 54.1 cm³/mol. The van der Waals surface area contributed by atoms with Crippen molar-refractivity contribution in [3.63, 3.8) is 0 Å². The van der Waals surface area contributed by atoms with Gasteiger partial charge in [-0.15, -0.1) is 0 Å². The number of nitrogen functional groups attached to an aromatic ring is 1. The summed E-state index contributed by atoms with van der Waals surface area (Å²) in [6, 6.07) is 3.87. The Labute approximate surface area is 84.3 Å². The zero-order chi connectivity index (χ0) is 10.7. The molecule has 6 nitrogen and oxygen atoms in total. The van der Waals surface area contributed by atoms with Crippen molar-refractivity contribution in [1.29, 1.82) is 0 Å². The van der Waals surface area contributed by atoms with Gasteiger partial charge in [-0.25, -0.2) is 0 Å². The smallest absolute Gasteiger partial charge is 0.270 e. The maximum atomic E-state index is 10.4. The summed E-state index contributed by atoms with van der Waals surface area (Å²) in [4.78, 5) is 9.87. The second-order valence-electron chi connectivity index (χ2n) is 2.45. The number of halogens is 1. The van der Waals surface area contributed by atoms with Gasteiger partial charge in [0, 0.05) is 23.4 Å². The Bertz CT molecular complexity index is 405. The minimum atomic E-state index is -0.552. The van der Waals surface area contributed by atoms with Crippen molar-refractivity contribution < 1.29 is 4.92 Å². The predicted octanol–water partition coefficient (Wildman–Crippen LogP) is 1.04. The van der Waals surface area contributed by atoms with Gasteiger partial charge in [-0.3, -0.25) is 10.1 Å². The van der Waals surface area contributed by atoms with Crippen LogP contribution in [-0.2, 0) is 0 Å². The van der Waals surface area contributed by atoms with Crippen molar-refractivity contribution in [3.05, 3.63) is 33.9 Å². The average molecular weight is 215 g/mol. The number of anilines is 1. The van der Waals surface area contributed by atoms with Crippen LogP contribution < -0.4 is 11.6 Å². The average Bonchev–Trinajstić information content (AvgIpc) is 2.17. The van der Waals surface area contributed by atoms with Gasteiger partial charge in [-0.05, 0) is 6.07 Å². The highest BCUT2D eigenvalue weighted by atomic mass is 35.5. The molecule has 7 heteroatoms. The Balaban J connectivity index is 3.28. The lowest BCUT2D eigenvalue weighted by Gasteiger charge is -2.01. The molecule has 0 bridgehead atoms. The van der Waals surface area contributed by atoms with Gasteiger partial charge in [0.15, 0.2) is 5.17 Å². The van der Waals surface area contributed by atoms with Crippen LogP contribution in [0.5, 0.6) is 0 Å². The molecule has 0 aliphatic carbocycles. The molecule has 0 radical (unpaired) electrons.